The Bertz CT molecular complexity index is 1050. The first-order valence-electron chi connectivity index (χ1n) is 7.66. The van der Waals surface area contributed by atoms with Crippen LogP contribution in [-0.4, -0.2) is 15.9 Å². The summed E-state index contributed by atoms with van der Waals surface area (Å²) in [5, 5.41) is 1.07. The van der Waals surface area contributed by atoms with Crippen LogP contribution in [-0.2, 0) is 0 Å². The Kier molecular flexibility index (Phi) is 3.35. The number of aromatic amines is 1. The smallest absolute Gasteiger partial charge is 0.248 e. The normalized spacial score (nSPS) is 10.8. The van der Waals surface area contributed by atoms with Gasteiger partial charge >= 0.3 is 0 Å². The van der Waals surface area contributed by atoms with Gasteiger partial charge in [-0.2, -0.15) is 0 Å². The molecule has 0 radical (unpaired) electrons. The van der Waals surface area contributed by atoms with E-state index in [0.29, 0.717) is 5.56 Å². The van der Waals surface area contributed by atoms with Crippen molar-refractivity contribution in [1.82, 2.24) is 9.97 Å². The van der Waals surface area contributed by atoms with Crippen LogP contribution in [0.15, 0.2) is 73.1 Å². The van der Waals surface area contributed by atoms with E-state index in [-0.39, 0.29) is 0 Å². The lowest BCUT2D eigenvalue weighted by Crippen LogP contribution is -2.10. The van der Waals surface area contributed by atoms with Gasteiger partial charge in [0.05, 0.1) is 0 Å². The van der Waals surface area contributed by atoms with Crippen molar-refractivity contribution in [3.8, 4) is 22.3 Å². The van der Waals surface area contributed by atoms with Gasteiger partial charge in [-0.05, 0) is 46.5 Å². The molecule has 4 heteroatoms. The van der Waals surface area contributed by atoms with Gasteiger partial charge in [-0.25, -0.2) is 4.98 Å². The number of benzene rings is 2. The van der Waals surface area contributed by atoms with Crippen molar-refractivity contribution in [2.75, 3.05) is 0 Å². The molecule has 0 aliphatic rings. The van der Waals surface area contributed by atoms with Gasteiger partial charge < -0.3 is 10.7 Å². The van der Waals surface area contributed by atoms with Gasteiger partial charge in [0.1, 0.15) is 5.65 Å². The largest absolute Gasteiger partial charge is 0.366 e. The summed E-state index contributed by atoms with van der Waals surface area (Å²) in [7, 11) is 0. The number of fused-ring (bicyclic) bond motifs is 1. The van der Waals surface area contributed by atoms with Crippen LogP contribution in [0.5, 0.6) is 0 Å². The summed E-state index contributed by atoms with van der Waals surface area (Å²) in [6.07, 6.45) is 3.68. The summed E-state index contributed by atoms with van der Waals surface area (Å²) in [5.74, 6) is -0.425. The minimum Gasteiger partial charge on any atom is -0.366 e. The number of carbonyl (C=O) groups is 1. The molecule has 3 N–H and O–H groups in total. The standard InChI is InChI=1S/C20H15N3O/c21-19(24)14-5-3-4-13(12-14)15-6-1-2-7-16(15)17-8-10-22-20-18(17)9-11-23-20/h1-12H,(H2,21,24)(H,22,23). The van der Waals surface area contributed by atoms with Crippen molar-refractivity contribution >= 4 is 16.9 Å². The van der Waals surface area contributed by atoms with Crippen molar-refractivity contribution in [1.29, 1.82) is 0 Å². The molecular formula is C20H15N3O. The molecule has 0 bridgehead atoms. The van der Waals surface area contributed by atoms with Crippen molar-refractivity contribution in [3.63, 3.8) is 0 Å². The molecule has 0 aliphatic heterocycles. The van der Waals surface area contributed by atoms with Crippen LogP contribution < -0.4 is 5.73 Å². The Hall–Kier alpha value is -3.40. The molecule has 24 heavy (non-hydrogen) atoms. The number of primary amides is 1. The molecule has 0 saturated carbocycles. The molecule has 1 amide bonds. The van der Waals surface area contributed by atoms with E-state index < -0.39 is 5.91 Å². The summed E-state index contributed by atoms with van der Waals surface area (Å²) in [4.78, 5) is 19.0. The zero-order valence-electron chi connectivity index (χ0n) is 12.9. The summed E-state index contributed by atoms with van der Waals surface area (Å²) in [5.41, 5.74) is 11.0. The van der Waals surface area contributed by atoms with E-state index >= 15 is 0 Å². The zero-order chi connectivity index (χ0) is 16.5. The molecule has 0 saturated heterocycles. The highest BCUT2D eigenvalue weighted by atomic mass is 16.1. The summed E-state index contributed by atoms with van der Waals surface area (Å²) >= 11 is 0. The van der Waals surface area contributed by atoms with Crippen LogP contribution in [0.2, 0.25) is 0 Å². The Morgan fingerprint density at radius 1 is 0.917 bits per heavy atom. The van der Waals surface area contributed by atoms with E-state index in [4.69, 9.17) is 5.73 Å². The number of aromatic nitrogens is 2. The second-order valence-corrected chi connectivity index (χ2v) is 5.59. The average Bonchev–Trinajstić information content (AvgIpc) is 3.10. The van der Waals surface area contributed by atoms with E-state index in [1.807, 2.05) is 54.7 Å². The van der Waals surface area contributed by atoms with E-state index in [2.05, 4.69) is 16.0 Å². The number of H-pyrrole nitrogens is 1. The molecular weight excluding hydrogens is 298 g/mol. The second kappa shape index (κ2) is 5.66. The van der Waals surface area contributed by atoms with Crippen molar-refractivity contribution in [2.24, 2.45) is 5.73 Å². The predicted molar refractivity (Wildman–Crippen MR) is 95.5 cm³/mol. The molecule has 116 valence electrons. The number of pyridine rings is 1. The summed E-state index contributed by atoms with van der Waals surface area (Å²) in [6.45, 7) is 0. The quantitative estimate of drug-likeness (QED) is 0.600. The van der Waals surface area contributed by atoms with E-state index in [1.54, 1.807) is 12.3 Å². The highest BCUT2D eigenvalue weighted by molar-refractivity contribution is 5.99. The maximum atomic E-state index is 11.5. The molecule has 0 aliphatic carbocycles. The summed E-state index contributed by atoms with van der Waals surface area (Å²) in [6, 6.07) is 19.6. The SMILES string of the molecule is NC(=O)c1cccc(-c2ccccc2-c2ccnc3[nH]ccc23)c1. The lowest BCUT2D eigenvalue weighted by Gasteiger charge is -2.11. The van der Waals surface area contributed by atoms with Crippen LogP contribution in [0.4, 0.5) is 0 Å². The molecule has 4 aromatic rings. The zero-order valence-corrected chi connectivity index (χ0v) is 12.9. The van der Waals surface area contributed by atoms with E-state index in [0.717, 1.165) is 33.3 Å². The van der Waals surface area contributed by atoms with Crippen LogP contribution in [0, 0.1) is 0 Å². The molecule has 0 spiro atoms. The number of nitrogens with two attached hydrogens (primary N) is 1. The third-order valence-electron chi connectivity index (χ3n) is 4.14. The third-order valence-corrected chi connectivity index (χ3v) is 4.14. The predicted octanol–water partition coefficient (Wildman–Crippen LogP) is 4.00. The van der Waals surface area contributed by atoms with Gasteiger partial charge in [-0.15, -0.1) is 0 Å². The maximum absolute atomic E-state index is 11.5. The molecule has 0 unspecified atom stereocenters. The summed E-state index contributed by atoms with van der Waals surface area (Å²) < 4.78 is 0. The Morgan fingerprint density at radius 3 is 2.58 bits per heavy atom. The number of hydrogen-bond acceptors (Lipinski definition) is 2. The maximum Gasteiger partial charge on any atom is 0.248 e. The van der Waals surface area contributed by atoms with Crippen LogP contribution in [0.25, 0.3) is 33.3 Å². The number of hydrogen-bond donors (Lipinski definition) is 2. The lowest BCUT2D eigenvalue weighted by atomic mass is 9.93. The molecule has 2 aromatic heterocycles. The van der Waals surface area contributed by atoms with Gasteiger partial charge in [0.2, 0.25) is 5.91 Å². The number of nitrogens with zero attached hydrogens (tertiary/aromatic N) is 1. The highest BCUT2D eigenvalue weighted by Gasteiger charge is 2.12. The van der Waals surface area contributed by atoms with Gasteiger partial charge in [-0.3, -0.25) is 4.79 Å². The van der Waals surface area contributed by atoms with Crippen LogP contribution >= 0.6 is 0 Å². The average molecular weight is 313 g/mol. The van der Waals surface area contributed by atoms with E-state index in [9.17, 15) is 4.79 Å². The third kappa shape index (κ3) is 2.34. The second-order valence-electron chi connectivity index (χ2n) is 5.59. The first kappa shape index (κ1) is 14.2. The number of carbonyl (C=O) groups excluding carboxylic acids is 1. The molecule has 4 rings (SSSR count). The molecule has 4 nitrogen and oxygen atoms in total. The minimum absolute atomic E-state index is 0.425. The molecule has 2 heterocycles. The Morgan fingerprint density at radius 2 is 1.75 bits per heavy atom. The topological polar surface area (TPSA) is 71.8 Å². The Labute approximate surface area is 139 Å². The number of amides is 1. The lowest BCUT2D eigenvalue weighted by molar-refractivity contribution is 0.100. The first-order chi connectivity index (χ1) is 11.7. The van der Waals surface area contributed by atoms with E-state index in [1.165, 1.54) is 0 Å². The number of nitrogens with one attached hydrogen (secondary N) is 1. The van der Waals surface area contributed by atoms with Gasteiger partial charge in [0.25, 0.3) is 0 Å². The van der Waals surface area contributed by atoms with Gasteiger partial charge in [-0.1, -0.05) is 36.4 Å². The van der Waals surface area contributed by atoms with Gasteiger partial charge in [0, 0.05) is 23.3 Å². The van der Waals surface area contributed by atoms with Gasteiger partial charge in [0.15, 0.2) is 0 Å². The molecule has 2 aromatic carbocycles. The fourth-order valence-corrected chi connectivity index (χ4v) is 3.01. The number of rotatable bonds is 3. The fourth-order valence-electron chi connectivity index (χ4n) is 3.01. The van der Waals surface area contributed by atoms with Crippen LogP contribution in [0.1, 0.15) is 10.4 Å². The fraction of sp³-hybridized carbons (Fsp3) is 0. The van der Waals surface area contributed by atoms with Crippen molar-refractivity contribution in [3.05, 3.63) is 78.6 Å². The highest BCUT2D eigenvalue weighted by Crippen LogP contribution is 2.35. The Balaban J connectivity index is 1.95. The van der Waals surface area contributed by atoms with Crippen molar-refractivity contribution < 1.29 is 4.79 Å². The molecule has 0 fully saturated rings. The first-order valence-corrected chi connectivity index (χ1v) is 7.66. The van der Waals surface area contributed by atoms with Crippen LogP contribution in [0.3, 0.4) is 0 Å². The van der Waals surface area contributed by atoms with Crippen molar-refractivity contribution in [2.45, 2.75) is 0 Å². The minimum atomic E-state index is -0.425. The molecule has 0 atom stereocenters. The monoisotopic (exact) mass is 313 g/mol.